The Labute approximate surface area is 176 Å². The van der Waals surface area contributed by atoms with E-state index in [2.05, 4.69) is 19.2 Å². The lowest BCUT2D eigenvalue weighted by Crippen LogP contribution is -2.43. The number of amides is 1. The second-order valence-corrected chi connectivity index (χ2v) is 9.68. The predicted molar refractivity (Wildman–Crippen MR) is 115 cm³/mol. The van der Waals surface area contributed by atoms with Crippen LogP contribution in [0.25, 0.3) is 0 Å². The number of ether oxygens (including phenoxy) is 1. The van der Waals surface area contributed by atoms with Crippen molar-refractivity contribution in [3.63, 3.8) is 0 Å². The predicted octanol–water partition coefficient (Wildman–Crippen LogP) is 3.82. The molecule has 1 atom stereocenters. The summed E-state index contributed by atoms with van der Waals surface area (Å²) < 4.78 is 32.6. The third-order valence-electron chi connectivity index (χ3n) is 5.71. The van der Waals surface area contributed by atoms with Crippen LogP contribution in [0.2, 0.25) is 0 Å². The van der Waals surface area contributed by atoms with Gasteiger partial charge in [-0.05, 0) is 56.4 Å². The van der Waals surface area contributed by atoms with Crippen LogP contribution in [-0.2, 0) is 14.8 Å². The smallest absolute Gasteiger partial charge is 0.243 e. The molecule has 164 valence electrons. The fraction of sp³-hybridized carbons (Fsp3) is 0.682. The van der Waals surface area contributed by atoms with Gasteiger partial charge in [0.1, 0.15) is 5.75 Å². The van der Waals surface area contributed by atoms with Gasteiger partial charge in [0.05, 0.1) is 11.5 Å². The Morgan fingerprint density at radius 3 is 2.38 bits per heavy atom. The fourth-order valence-electron chi connectivity index (χ4n) is 3.71. The van der Waals surface area contributed by atoms with E-state index in [4.69, 9.17) is 4.74 Å². The van der Waals surface area contributed by atoms with Crippen LogP contribution in [0.1, 0.15) is 59.3 Å². The Morgan fingerprint density at radius 2 is 1.83 bits per heavy atom. The first-order valence-electron chi connectivity index (χ1n) is 10.9. The molecule has 1 aromatic rings. The van der Waals surface area contributed by atoms with E-state index in [0.29, 0.717) is 44.2 Å². The number of sulfonamides is 1. The minimum absolute atomic E-state index is 0.0677. The van der Waals surface area contributed by atoms with E-state index in [-0.39, 0.29) is 16.7 Å². The third kappa shape index (κ3) is 6.71. The molecule has 1 aromatic carbocycles. The Bertz CT molecular complexity index is 726. The van der Waals surface area contributed by atoms with Gasteiger partial charge in [-0.15, -0.1) is 0 Å². The number of rotatable bonds is 11. The van der Waals surface area contributed by atoms with Crippen LogP contribution in [0.5, 0.6) is 5.75 Å². The maximum Gasteiger partial charge on any atom is 0.243 e. The summed E-state index contributed by atoms with van der Waals surface area (Å²) in [6.07, 6.45) is 5.70. The lowest BCUT2D eigenvalue weighted by Gasteiger charge is -2.31. The largest absolute Gasteiger partial charge is 0.494 e. The highest BCUT2D eigenvalue weighted by atomic mass is 32.2. The van der Waals surface area contributed by atoms with Gasteiger partial charge in [0.15, 0.2) is 0 Å². The molecule has 7 heteroatoms. The van der Waals surface area contributed by atoms with Crippen molar-refractivity contribution < 1.29 is 17.9 Å². The van der Waals surface area contributed by atoms with Crippen molar-refractivity contribution in [2.45, 2.75) is 64.2 Å². The Morgan fingerprint density at radius 1 is 1.17 bits per heavy atom. The SMILES string of the molecule is CCCCC(CC)CNC(=O)C1CCN(S(=O)(=O)c2ccc(OCC)cc2)CC1. The maximum absolute atomic E-state index is 12.9. The lowest BCUT2D eigenvalue weighted by atomic mass is 9.95. The summed E-state index contributed by atoms with van der Waals surface area (Å²) in [5, 5.41) is 3.09. The van der Waals surface area contributed by atoms with E-state index >= 15 is 0 Å². The third-order valence-corrected chi connectivity index (χ3v) is 7.62. The van der Waals surface area contributed by atoms with Gasteiger partial charge >= 0.3 is 0 Å². The van der Waals surface area contributed by atoms with E-state index in [1.165, 1.54) is 17.1 Å². The Kier molecular flexibility index (Phi) is 9.43. The summed E-state index contributed by atoms with van der Waals surface area (Å²) in [5.41, 5.74) is 0. The van der Waals surface area contributed by atoms with Gasteiger partial charge in [-0.25, -0.2) is 8.42 Å². The zero-order chi connectivity index (χ0) is 21.3. The Balaban J connectivity index is 1.86. The Hall–Kier alpha value is -1.60. The summed E-state index contributed by atoms with van der Waals surface area (Å²) in [7, 11) is -3.54. The highest BCUT2D eigenvalue weighted by Crippen LogP contribution is 2.25. The minimum Gasteiger partial charge on any atom is -0.494 e. The number of carbonyl (C=O) groups is 1. The molecule has 1 fully saturated rings. The maximum atomic E-state index is 12.9. The zero-order valence-corrected chi connectivity index (χ0v) is 18.8. The minimum atomic E-state index is -3.54. The summed E-state index contributed by atoms with van der Waals surface area (Å²) in [6.45, 7) is 8.25. The summed E-state index contributed by atoms with van der Waals surface area (Å²) >= 11 is 0. The molecule has 0 spiro atoms. The topological polar surface area (TPSA) is 75.7 Å². The molecule has 1 amide bonds. The first-order valence-corrected chi connectivity index (χ1v) is 12.4. The second kappa shape index (κ2) is 11.6. The van der Waals surface area contributed by atoms with E-state index in [9.17, 15) is 13.2 Å². The monoisotopic (exact) mass is 424 g/mol. The molecule has 1 saturated heterocycles. The second-order valence-electron chi connectivity index (χ2n) is 7.74. The van der Waals surface area contributed by atoms with Crippen molar-refractivity contribution >= 4 is 15.9 Å². The van der Waals surface area contributed by atoms with Crippen LogP contribution >= 0.6 is 0 Å². The van der Waals surface area contributed by atoms with E-state index in [0.717, 1.165) is 19.4 Å². The molecular formula is C22H36N2O4S. The fourth-order valence-corrected chi connectivity index (χ4v) is 5.18. The normalized spacial score (nSPS) is 17.1. The van der Waals surface area contributed by atoms with Gasteiger partial charge in [0.2, 0.25) is 15.9 Å². The first kappa shape index (κ1) is 23.7. The number of benzene rings is 1. The average Bonchev–Trinajstić information content (AvgIpc) is 2.74. The van der Waals surface area contributed by atoms with Crippen molar-refractivity contribution in [3.8, 4) is 5.75 Å². The van der Waals surface area contributed by atoms with Gasteiger partial charge < -0.3 is 10.1 Å². The number of nitrogens with zero attached hydrogens (tertiary/aromatic N) is 1. The lowest BCUT2D eigenvalue weighted by molar-refractivity contribution is -0.126. The van der Waals surface area contributed by atoms with Crippen molar-refractivity contribution in [1.82, 2.24) is 9.62 Å². The van der Waals surface area contributed by atoms with Crippen LogP contribution < -0.4 is 10.1 Å². The first-order chi connectivity index (χ1) is 13.9. The molecule has 1 N–H and O–H groups in total. The number of hydrogen-bond acceptors (Lipinski definition) is 4. The molecule has 6 nitrogen and oxygen atoms in total. The number of unbranched alkanes of at least 4 members (excludes halogenated alkanes) is 1. The van der Waals surface area contributed by atoms with Crippen molar-refractivity contribution in [3.05, 3.63) is 24.3 Å². The van der Waals surface area contributed by atoms with Crippen LogP contribution in [0.4, 0.5) is 0 Å². The number of carbonyl (C=O) groups excluding carboxylic acids is 1. The van der Waals surface area contributed by atoms with Gasteiger partial charge in [0.25, 0.3) is 0 Å². The molecule has 0 aliphatic carbocycles. The van der Waals surface area contributed by atoms with Crippen LogP contribution in [-0.4, -0.2) is 44.9 Å². The van der Waals surface area contributed by atoms with Crippen LogP contribution in [0, 0.1) is 11.8 Å². The van der Waals surface area contributed by atoms with Gasteiger partial charge in [-0.1, -0.05) is 33.1 Å². The van der Waals surface area contributed by atoms with E-state index in [1.54, 1.807) is 24.3 Å². The standard InChI is InChI=1S/C22H36N2O4S/c1-4-7-8-18(5-2)17-23-22(25)19-13-15-24(16-14-19)29(26,27)21-11-9-20(10-12-21)28-6-3/h9-12,18-19H,4-8,13-17H2,1-3H3,(H,23,25). The summed E-state index contributed by atoms with van der Waals surface area (Å²) in [5.74, 6) is 1.15. The molecule has 1 aliphatic heterocycles. The van der Waals surface area contributed by atoms with Crippen molar-refractivity contribution in [2.24, 2.45) is 11.8 Å². The molecule has 0 saturated carbocycles. The summed E-state index contributed by atoms with van der Waals surface area (Å²) in [4.78, 5) is 12.8. The van der Waals surface area contributed by atoms with Gasteiger partial charge in [0, 0.05) is 25.6 Å². The molecule has 0 radical (unpaired) electrons. The molecule has 1 heterocycles. The van der Waals surface area contributed by atoms with Crippen LogP contribution in [0.3, 0.4) is 0 Å². The number of piperidine rings is 1. The average molecular weight is 425 g/mol. The van der Waals surface area contributed by atoms with E-state index < -0.39 is 10.0 Å². The van der Waals surface area contributed by atoms with Crippen molar-refractivity contribution in [2.75, 3.05) is 26.2 Å². The molecule has 29 heavy (non-hydrogen) atoms. The highest BCUT2D eigenvalue weighted by molar-refractivity contribution is 7.89. The summed E-state index contributed by atoms with van der Waals surface area (Å²) in [6, 6.07) is 6.53. The van der Waals surface area contributed by atoms with Gasteiger partial charge in [-0.2, -0.15) is 4.31 Å². The number of nitrogens with one attached hydrogen (secondary N) is 1. The highest BCUT2D eigenvalue weighted by Gasteiger charge is 2.32. The zero-order valence-electron chi connectivity index (χ0n) is 18.0. The van der Waals surface area contributed by atoms with Crippen molar-refractivity contribution in [1.29, 1.82) is 0 Å². The molecular weight excluding hydrogens is 388 g/mol. The molecule has 0 aromatic heterocycles. The van der Waals surface area contributed by atoms with Gasteiger partial charge in [-0.3, -0.25) is 4.79 Å². The molecule has 1 aliphatic rings. The van der Waals surface area contributed by atoms with Crippen LogP contribution in [0.15, 0.2) is 29.2 Å². The molecule has 2 rings (SSSR count). The quantitative estimate of drug-likeness (QED) is 0.586. The molecule has 0 bridgehead atoms. The number of hydrogen-bond donors (Lipinski definition) is 1. The van der Waals surface area contributed by atoms with E-state index in [1.807, 2.05) is 6.92 Å². The molecule has 1 unspecified atom stereocenters.